The molecule has 3 aromatic rings. The Morgan fingerprint density at radius 1 is 1.29 bits per heavy atom. The Hall–Kier alpha value is -3.02. The lowest BCUT2D eigenvalue weighted by molar-refractivity contribution is 0.0950. The van der Waals surface area contributed by atoms with Gasteiger partial charge in [-0.1, -0.05) is 18.2 Å². The van der Waals surface area contributed by atoms with Crippen LogP contribution in [-0.4, -0.2) is 20.4 Å². The fourth-order valence-corrected chi connectivity index (χ4v) is 2.40. The van der Waals surface area contributed by atoms with Gasteiger partial charge in [0.1, 0.15) is 5.82 Å². The molecule has 0 saturated carbocycles. The maximum Gasteiger partial charge on any atom is 0.253 e. The number of halogens is 1. The number of benzene rings is 1. The van der Waals surface area contributed by atoms with Crippen molar-refractivity contribution in [3.8, 4) is 0 Å². The fraction of sp³-hybridized carbons (Fsp3) is 0.167. The molecule has 24 heavy (non-hydrogen) atoms. The number of aryl methyl sites for hydroxylation is 1. The molecule has 0 fully saturated rings. The number of hydrogen-bond donors (Lipinski definition) is 1. The second-order valence-corrected chi connectivity index (χ2v) is 5.56. The lowest BCUT2D eigenvalue weighted by Gasteiger charge is -2.06. The summed E-state index contributed by atoms with van der Waals surface area (Å²) in [6, 6.07) is 8.32. The molecule has 1 aromatic carbocycles. The van der Waals surface area contributed by atoms with E-state index in [-0.39, 0.29) is 11.7 Å². The molecule has 5 nitrogen and oxygen atoms in total. The zero-order valence-electron chi connectivity index (χ0n) is 13.2. The maximum absolute atomic E-state index is 13.7. The SMILES string of the molecule is Cn1cnc(CNC(=O)c2cncc(Cc3ccccc3F)c2)c1. The van der Waals surface area contributed by atoms with Crippen LogP contribution in [0.3, 0.4) is 0 Å². The molecule has 0 aliphatic rings. The normalized spacial score (nSPS) is 10.6. The standard InChI is InChI=1S/C18H17FN4O/c1-23-11-16(22-12-23)10-21-18(24)15-7-13(8-20-9-15)6-14-4-2-3-5-17(14)19/h2-5,7-9,11-12H,6,10H2,1H3,(H,21,24). The van der Waals surface area contributed by atoms with Gasteiger partial charge in [-0.3, -0.25) is 9.78 Å². The number of hydrogen-bond acceptors (Lipinski definition) is 3. The van der Waals surface area contributed by atoms with Crippen LogP contribution in [0.1, 0.15) is 27.2 Å². The zero-order chi connectivity index (χ0) is 16.9. The lowest BCUT2D eigenvalue weighted by atomic mass is 10.0. The Morgan fingerprint density at radius 3 is 2.88 bits per heavy atom. The molecule has 0 aliphatic heterocycles. The smallest absolute Gasteiger partial charge is 0.253 e. The van der Waals surface area contributed by atoms with Gasteiger partial charge in [-0.2, -0.15) is 0 Å². The summed E-state index contributed by atoms with van der Waals surface area (Å²) in [5.41, 5.74) is 2.58. The van der Waals surface area contributed by atoms with E-state index in [1.807, 2.05) is 17.8 Å². The second kappa shape index (κ2) is 7.04. The van der Waals surface area contributed by atoms with Crippen molar-refractivity contribution in [1.82, 2.24) is 19.9 Å². The van der Waals surface area contributed by atoms with E-state index in [4.69, 9.17) is 0 Å². The van der Waals surface area contributed by atoms with Gasteiger partial charge in [0.25, 0.3) is 5.91 Å². The highest BCUT2D eigenvalue weighted by atomic mass is 19.1. The average Bonchev–Trinajstić information content (AvgIpc) is 3.00. The summed E-state index contributed by atoms with van der Waals surface area (Å²) in [5.74, 6) is -0.494. The van der Waals surface area contributed by atoms with Crippen molar-refractivity contribution in [2.24, 2.45) is 7.05 Å². The van der Waals surface area contributed by atoms with Crippen molar-refractivity contribution >= 4 is 5.91 Å². The average molecular weight is 324 g/mol. The third kappa shape index (κ3) is 3.84. The summed E-state index contributed by atoms with van der Waals surface area (Å²) in [7, 11) is 1.87. The number of nitrogens with one attached hydrogen (secondary N) is 1. The topological polar surface area (TPSA) is 59.8 Å². The molecule has 6 heteroatoms. The van der Waals surface area contributed by atoms with E-state index in [9.17, 15) is 9.18 Å². The number of imidazole rings is 1. The van der Waals surface area contributed by atoms with Crippen molar-refractivity contribution in [1.29, 1.82) is 0 Å². The van der Waals surface area contributed by atoms with E-state index in [0.717, 1.165) is 11.3 Å². The Balaban J connectivity index is 1.68. The number of nitrogens with zero attached hydrogens (tertiary/aromatic N) is 3. The summed E-state index contributed by atoms with van der Waals surface area (Å²) in [6.45, 7) is 0.344. The Bertz CT molecular complexity index is 859. The van der Waals surface area contributed by atoms with Crippen molar-refractivity contribution in [3.63, 3.8) is 0 Å². The third-order valence-electron chi connectivity index (χ3n) is 3.60. The Morgan fingerprint density at radius 2 is 2.12 bits per heavy atom. The summed E-state index contributed by atoms with van der Waals surface area (Å²) in [6.07, 6.45) is 7.05. The quantitative estimate of drug-likeness (QED) is 0.784. The first-order chi connectivity index (χ1) is 11.6. The van der Waals surface area contributed by atoms with Crippen LogP contribution in [0.15, 0.2) is 55.2 Å². The van der Waals surface area contributed by atoms with Crippen molar-refractivity contribution in [2.45, 2.75) is 13.0 Å². The lowest BCUT2D eigenvalue weighted by Crippen LogP contribution is -2.23. The van der Waals surface area contributed by atoms with E-state index in [1.165, 1.54) is 12.3 Å². The van der Waals surface area contributed by atoms with E-state index < -0.39 is 0 Å². The van der Waals surface area contributed by atoms with Gasteiger partial charge in [0.05, 0.1) is 24.1 Å². The second-order valence-electron chi connectivity index (χ2n) is 5.56. The van der Waals surface area contributed by atoms with Gasteiger partial charge in [-0.15, -0.1) is 0 Å². The molecule has 2 heterocycles. The highest BCUT2D eigenvalue weighted by Crippen LogP contribution is 2.13. The number of amides is 1. The van der Waals surface area contributed by atoms with Crippen LogP contribution in [0, 0.1) is 5.82 Å². The number of carbonyl (C=O) groups is 1. The largest absolute Gasteiger partial charge is 0.346 e. The molecule has 122 valence electrons. The number of pyridine rings is 1. The summed E-state index contributed by atoms with van der Waals surface area (Å²) >= 11 is 0. The van der Waals surface area contributed by atoms with Gasteiger partial charge in [0.15, 0.2) is 0 Å². The minimum Gasteiger partial charge on any atom is -0.346 e. The monoisotopic (exact) mass is 324 g/mol. The molecule has 0 atom stereocenters. The summed E-state index contributed by atoms with van der Waals surface area (Å²) in [5, 5.41) is 2.80. The van der Waals surface area contributed by atoms with Gasteiger partial charge in [0.2, 0.25) is 0 Å². The number of aromatic nitrogens is 3. The van der Waals surface area contributed by atoms with Crippen LogP contribution in [0.4, 0.5) is 4.39 Å². The molecule has 0 aliphatic carbocycles. The Kier molecular flexibility index (Phi) is 4.65. The first-order valence-corrected chi connectivity index (χ1v) is 7.54. The molecular weight excluding hydrogens is 307 g/mol. The summed E-state index contributed by atoms with van der Waals surface area (Å²) in [4.78, 5) is 20.5. The fourth-order valence-electron chi connectivity index (χ4n) is 2.40. The molecular formula is C18H17FN4O. The van der Waals surface area contributed by atoms with Crippen LogP contribution < -0.4 is 5.32 Å². The van der Waals surface area contributed by atoms with Crippen LogP contribution >= 0.6 is 0 Å². The predicted octanol–water partition coefficient (Wildman–Crippen LogP) is 2.48. The minimum atomic E-state index is -0.262. The first kappa shape index (κ1) is 15.9. The predicted molar refractivity (Wildman–Crippen MR) is 87.8 cm³/mol. The highest BCUT2D eigenvalue weighted by Gasteiger charge is 2.09. The molecule has 3 rings (SSSR count). The molecule has 2 aromatic heterocycles. The molecule has 1 amide bonds. The van der Waals surface area contributed by atoms with E-state index in [2.05, 4.69) is 15.3 Å². The van der Waals surface area contributed by atoms with Crippen LogP contribution in [0.25, 0.3) is 0 Å². The van der Waals surface area contributed by atoms with Crippen molar-refractivity contribution < 1.29 is 9.18 Å². The Labute approximate surface area is 139 Å². The maximum atomic E-state index is 13.7. The third-order valence-corrected chi connectivity index (χ3v) is 3.60. The molecule has 0 spiro atoms. The number of carbonyl (C=O) groups excluding carboxylic acids is 1. The molecule has 0 radical (unpaired) electrons. The van der Waals surface area contributed by atoms with Gasteiger partial charge in [0, 0.05) is 32.1 Å². The van der Waals surface area contributed by atoms with E-state index >= 15 is 0 Å². The first-order valence-electron chi connectivity index (χ1n) is 7.54. The van der Waals surface area contributed by atoms with E-state index in [1.54, 1.807) is 36.8 Å². The molecule has 1 N–H and O–H groups in total. The van der Waals surface area contributed by atoms with Gasteiger partial charge in [-0.25, -0.2) is 9.37 Å². The molecule has 0 saturated heterocycles. The van der Waals surface area contributed by atoms with Crippen molar-refractivity contribution in [3.05, 3.63) is 83.5 Å². The zero-order valence-corrected chi connectivity index (χ0v) is 13.2. The molecule has 0 bridgehead atoms. The minimum absolute atomic E-state index is 0.233. The van der Waals surface area contributed by atoms with Crippen LogP contribution in [0.5, 0.6) is 0 Å². The number of rotatable bonds is 5. The van der Waals surface area contributed by atoms with E-state index in [0.29, 0.717) is 24.1 Å². The molecule has 0 unspecified atom stereocenters. The van der Waals surface area contributed by atoms with Crippen LogP contribution in [-0.2, 0) is 20.0 Å². The highest BCUT2D eigenvalue weighted by molar-refractivity contribution is 5.93. The van der Waals surface area contributed by atoms with Crippen LogP contribution in [0.2, 0.25) is 0 Å². The van der Waals surface area contributed by atoms with Gasteiger partial charge < -0.3 is 9.88 Å². The van der Waals surface area contributed by atoms with Crippen molar-refractivity contribution in [2.75, 3.05) is 0 Å². The summed E-state index contributed by atoms with van der Waals surface area (Å²) < 4.78 is 15.6. The van der Waals surface area contributed by atoms with Gasteiger partial charge in [-0.05, 0) is 23.3 Å². The van der Waals surface area contributed by atoms with Gasteiger partial charge >= 0.3 is 0 Å².